The largest absolute Gasteiger partial charge is 0.392 e. The van der Waals surface area contributed by atoms with Crippen LogP contribution in [0.15, 0.2) is 0 Å². The minimum atomic E-state index is -0.793. The number of aliphatic hydroxyl groups is 1. The normalized spacial score (nSPS) is 27.3. The summed E-state index contributed by atoms with van der Waals surface area (Å²) < 4.78 is 0. The van der Waals surface area contributed by atoms with Gasteiger partial charge in [-0.1, -0.05) is 6.92 Å². The van der Waals surface area contributed by atoms with E-state index in [1.165, 1.54) is 4.90 Å². The average Bonchev–Trinajstić information content (AvgIpc) is 2.66. The van der Waals surface area contributed by atoms with E-state index in [1.54, 1.807) is 13.8 Å². The molecule has 0 aromatic heterocycles. The fourth-order valence-corrected chi connectivity index (χ4v) is 3.39. The van der Waals surface area contributed by atoms with Gasteiger partial charge in [0.2, 0.25) is 0 Å². The number of amides is 3. The van der Waals surface area contributed by atoms with Crippen LogP contribution in [0.25, 0.3) is 0 Å². The molecule has 23 heavy (non-hydrogen) atoms. The number of carbonyl (C=O) groups is 2. The van der Waals surface area contributed by atoms with Crippen LogP contribution in [0.2, 0.25) is 0 Å². The Hall–Kier alpha value is -1.18. The summed E-state index contributed by atoms with van der Waals surface area (Å²) >= 11 is 0. The second kappa shape index (κ2) is 7.15. The highest BCUT2D eigenvalue weighted by molar-refractivity contribution is 6.06. The van der Waals surface area contributed by atoms with Crippen molar-refractivity contribution in [3.8, 4) is 0 Å². The number of aliphatic hydroxyl groups excluding tert-OH is 1. The molecule has 0 unspecified atom stereocenters. The van der Waals surface area contributed by atoms with Crippen LogP contribution < -0.4 is 5.32 Å². The van der Waals surface area contributed by atoms with Crippen LogP contribution in [-0.4, -0.2) is 88.7 Å². The van der Waals surface area contributed by atoms with E-state index in [0.29, 0.717) is 25.7 Å². The van der Waals surface area contributed by atoms with Crippen LogP contribution in [0.3, 0.4) is 0 Å². The Kier molecular flexibility index (Phi) is 5.65. The Morgan fingerprint density at radius 2 is 2.00 bits per heavy atom. The number of carbonyl (C=O) groups excluding carboxylic acids is 2. The second-order valence-electron chi connectivity index (χ2n) is 7.22. The maximum atomic E-state index is 12.2. The van der Waals surface area contributed by atoms with Gasteiger partial charge in [0.15, 0.2) is 0 Å². The maximum Gasteiger partial charge on any atom is 0.325 e. The zero-order valence-electron chi connectivity index (χ0n) is 14.7. The second-order valence-corrected chi connectivity index (χ2v) is 7.22. The zero-order chi connectivity index (χ0) is 17.2. The highest BCUT2D eigenvalue weighted by atomic mass is 16.3. The van der Waals surface area contributed by atoms with Gasteiger partial charge in [0.1, 0.15) is 5.54 Å². The third-order valence-corrected chi connectivity index (χ3v) is 4.74. The topological polar surface area (TPSA) is 76.1 Å². The van der Waals surface area contributed by atoms with Gasteiger partial charge in [0.25, 0.3) is 5.91 Å². The number of urea groups is 1. The molecule has 7 heteroatoms. The van der Waals surface area contributed by atoms with E-state index in [4.69, 9.17) is 0 Å². The van der Waals surface area contributed by atoms with E-state index in [0.717, 1.165) is 26.1 Å². The Morgan fingerprint density at radius 1 is 1.30 bits per heavy atom. The third kappa shape index (κ3) is 4.22. The lowest BCUT2D eigenvalue weighted by Gasteiger charge is -2.42. The highest BCUT2D eigenvalue weighted by Crippen LogP contribution is 2.17. The Bertz CT molecular complexity index is 453. The number of nitrogens with one attached hydrogen (secondary N) is 1. The summed E-state index contributed by atoms with van der Waals surface area (Å²) in [5.41, 5.74) is -0.793. The van der Waals surface area contributed by atoms with Gasteiger partial charge < -0.3 is 10.4 Å². The lowest BCUT2D eigenvalue weighted by atomic mass is 10.1. The molecule has 0 spiro atoms. The first kappa shape index (κ1) is 18.2. The molecule has 2 rings (SSSR count). The van der Waals surface area contributed by atoms with E-state index < -0.39 is 5.54 Å². The standard InChI is InChI=1S/C16H30N4O3/c1-5-13-11-18(6-8-19(13)10-12(2)21)7-9-20-14(22)16(3,4)17-15(20)23/h12-13,21H,5-11H2,1-4H3,(H,17,23)/t12-,13+/m0/s1. The molecule has 0 aliphatic carbocycles. The predicted molar refractivity (Wildman–Crippen MR) is 88.1 cm³/mol. The van der Waals surface area contributed by atoms with E-state index >= 15 is 0 Å². The number of hydrogen-bond acceptors (Lipinski definition) is 5. The van der Waals surface area contributed by atoms with Gasteiger partial charge in [-0.05, 0) is 27.2 Å². The van der Waals surface area contributed by atoms with E-state index in [-0.39, 0.29) is 18.0 Å². The molecule has 7 nitrogen and oxygen atoms in total. The molecule has 2 N–H and O–H groups in total. The summed E-state index contributed by atoms with van der Waals surface area (Å²) in [7, 11) is 0. The van der Waals surface area contributed by atoms with Gasteiger partial charge >= 0.3 is 6.03 Å². The first-order valence-corrected chi connectivity index (χ1v) is 8.53. The molecule has 132 valence electrons. The molecule has 2 aliphatic heterocycles. The summed E-state index contributed by atoms with van der Waals surface area (Å²) in [5.74, 6) is -0.151. The number of hydrogen-bond donors (Lipinski definition) is 2. The smallest absolute Gasteiger partial charge is 0.325 e. The quantitative estimate of drug-likeness (QED) is 0.677. The summed E-state index contributed by atoms with van der Waals surface area (Å²) in [6.45, 7) is 12.0. The number of nitrogens with zero attached hydrogens (tertiary/aromatic N) is 3. The number of rotatable bonds is 6. The van der Waals surface area contributed by atoms with Crippen LogP contribution >= 0.6 is 0 Å². The van der Waals surface area contributed by atoms with Crippen molar-refractivity contribution >= 4 is 11.9 Å². The molecular weight excluding hydrogens is 296 g/mol. The molecule has 3 amide bonds. The van der Waals surface area contributed by atoms with Crippen molar-refractivity contribution in [3.63, 3.8) is 0 Å². The van der Waals surface area contributed by atoms with Crippen LogP contribution in [0.5, 0.6) is 0 Å². The van der Waals surface area contributed by atoms with Crippen LogP contribution in [0.1, 0.15) is 34.1 Å². The Labute approximate surface area is 138 Å². The lowest BCUT2D eigenvalue weighted by Crippen LogP contribution is -2.55. The zero-order valence-corrected chi connectivity index (χ0v) is 14.7. The fourth-order valence-electron chi connectivity index (χ4n) is 3.39. The first-order valence-electron chi connectivity index (χ1n) is 8.53. The van der Waals surface area contributed by atoms with Crippen molar-refractivity contribution in [2.45, 2.75) is 51.8 Å². The number of imide groups is 1. The average molecular weight is 326 g/mol. The molecule has 2 aliphatic rings. The molecule has 2 saturated heterocycles. The van der Waals surface area contributed by atoms with Gasteiger partial charge in [-0.15, -0.1) is 0 Å². The van der Waals surface area contributed by atoms with Crippen molar-refractivity contribution in [2.24, 2.45) is 0 Å². The van der Waals surface area contributed by atoms with E-state index in [2.05, 4.69) is 22.0 Å². The van der Waals surface area contributed by atoms with Crippen molar-refractivity contribution in [3.05, 3.63) is 0 Å². The summed E-state index contributed by atoms with van der Waals surface area (Å²) in [6.07, 6.45) is 0.711. The lowest BCUT2D eigenvalue weighted by molar-refractivity contribution is -0.130. The molecule has 0 aromatic rings. The van der Waals surface area contributed by atoms with Gasteiger partial charge in [0, 0.05) is 45.3 Å². The van der Waals surface area contributed by atoms with Crippen LogP contribution in [-0.2, 0) is 4.79 Å². The van der Waals surface area contributed by atoms with Crippen molar-refractivity contribution in [2.75, 3.05) is 39.3 Å². The van der Waals surface area contributed by atoms with Gasteiger partial charge in [0.05, 0.1) is 6.10 Å². The predicted octanol–water partition coefficient (Wildman–Crippen LogP) is 0.0938. The molecule has 2 fully saturated rings. The minimum Gasteiger partial charge on any atom is -0.392 e. The van der Waals surface area contributed by atoms with Crippen LogP contribution in [0, 0.1) is 0 Å². The third-order valence-electron chi connectivity index (χ3n) is 4.74. The summed E-state index contributed by atoms with van der Waals surface area (Å²) in [6, 6.07) is 0.123. The minimum absolute atomic E-state index is 0.151. The fraction of sp³-hybridized carbons (Fsp3) is 0.875. The highest BCUT2D eigenvalue weighted by Gasteiger charge is 2.44. The SMILES string of the molecule is CC[C@@H]1CN(CCN2C(=O)NC(C)(C)C2=O)CCN1C[C@H](C)O. The van der Waals surface area contributed by atoms with Gasteiger partial charge in [-0.2, -0.15) is 0 Å². The Balaban J connectivity index is 1.86. The molecule has 0 aromatic carbocycles. The number of β-amino-alcohol motifs (C(OH)–C–C–N with tert-alkyl or cyclic N) is 1. The molecule has 2 heterocycles. The van der Waals surface area contributed by atoms with Crippen molar-refractivity contribution in [1.82, 2.24) is 20.0 Å². The van der Waals surface area contributed by atoms with Gasteiger partial charge in [-0.3, -0.25) is 19.5 Å². The van der Waals surface area contributed by atoms with E-state index in [9.17, 15) is 14.7 Å². The number of piperazine rings is 1. The Morgan fingerprint density at radius 3 is 2.52 bits per heavy atom. The summed E-state index contributed by atoms with van der Waals surface area (Å²) in [5, 5.41) is 12.3. The monoisotopic (exact) mass is 326 g/mol. The maximum absolute atomic E-state index is 12.2. The van der Waals surface area contributed by atoms with E-state index in [1.807, 2.05) is 6.92 Å². The molecule has 2 atom stereocenters. The summed E-state index contributed by atoms with van der Waals surface area (Å²) in [4.78, 5) is 30.1. The molecule has 0 saturated carbocycles. The first-order chi connectivity index (χ1) is 10.7. The molecular formula is C16H30N4O3. The van der Waals surface area contributed by atoms with Crippen LogP contribution in [0.4, 0.5) is 4.79 Å². The van der Waals surface area contributed by atoms with Crippen molar-refractivity contribution in [1.29, 1.82) is 0 Å². The van der Waals surface area contributed by atoms with Gasteiger partial charge in [-0.25, -0.2) is 4.79 Å². The van der Waals surface area contributed by atoms with Crippen molar-refractivity contribution < 1.29 is 14.7 Å². The molecule has 0 bridgehead atoms. The molecule has 0 radical (unpaired) electrons.